The van der Waals surface area contributed by atoms with Crippen molar-refractivity contribution in [1.82, 2.24) is 0 Å². The van der Waals surface area contributed by atoms with Crippen LogP contribution < -0.4 is 0 Å². The Kier molecular flexibility index (Phi) is 5.70. The molecule has 0 spiro atoms. The Morgan fingerprint density at radius 3 is 2.30 bits per heavy atom. The molecule has 0 aromatic heterocycles. The van der Waals surface area contributed by atoms with E-state index in [4.69, 9.17) is 0 Å². The zero-order valence-electron chi connectivity index (χ0n) is 12.2. The van der Waals surface area contributed by atoms with Gasteiger partial charge >= 0.3 is 17.9 Å². The van der Waals surface area contributed by atoms with Gasteiger partial charge in [-0.15, -0.1) is 0 Å². The molecule has 1 unspecified atom stereocenters. The van der Waals surface area contributed by atoms with Crippen LogP contribution in [0.1, 0.15) is 19.4 Å². The quantitative estimate of drug-likeness (QED) is 0.634. The fourth-order valence-electron chi connectivity index (χ4n) is 1.76. The van der Waals surface area contributed by atoms with Gasteiger partial charge in [0.05, 0.1) is 6.61 Å². The zero-order valence-corrected chi connectivity index (χ0v) is 12.2. The third kappa shape index (κ3) is 3.79. The van der Waals surface area contributed by atoms with Crippen molar-refractivity contribution in [2.75, 3.05) is 13.2 Å². The highest BCUT2D eigenvalue weighted by atomic mass is 19.3. The molecule has 0 aliphatic rings. The largest absolute Gasteiger partial charge is 0.462 e. The van der Waals surface area contributed by atoms with Gasteiger partial charge in [-0.05, 0) is 19.1 Å². The van der Waals surface area contributed by atoms with E-state index in [1.165, 1.54) is 6.92 Å². The lowest BCUT2D eigenvalue weighted by molar-refractivity contribution is -0.230. The maximum atomic E-state index is 14.3. The van der Waals surface area contributed by atoms with Crippen LogP contribution in [-0.2, 0) is 24.7 Å². The van der Waals surface area contributed by atoms with Crippen LogP contribution in [0, 0.1) is 11.6 Å². The number of ether oxygens (including phenoxy) is 2. The van der Waals surface area contributed by atoms with Crippen molar-refractivity contribution >= 4 is 11.9 Å². The number of esters is 2. The molecule has 0 saturated carbocycles. The summed E-state index contributed by atoms with van der Waals surface area (Å²) in [5, 5.41) is 10.2. The predicted octanol–water partition coefficient (Wildman–Crippen LogP) is 1.91. The van der Waals surface area contributed by atoms with E-state index in [0.29, 0.717) is 12.1 Å². The van der Waals surface area contributed by atoms with Gasteiger partial charge in [0.25, 0.3) is 0 Å². The molecule has 0 aliphatic carbocycles. The molecule has 0 radical (unpaired) electrons. The second-order valence-electron chi connectivity index (χ2n) is 4.56. The molecule has 1 aromatic rings. The topological polar surface area (TPSA) is 72.8 Å². The van der Waals surface area contributed by atoms with E-state index in [1.54, 1.807) is 0 Å². The highest BCUT2D eigenvalue weighted by Gasteiger charge is 2.62. The predicted molar refractivity (Wildman–Crippen MR) is 68.5 cm³/mol. The molecule has 0 aliphatic heterocycles. The maximum absolute atomic E-state index is 14.3. The number of alkyl halides is 2. The van der Waals surface area contributed by atoms with Crippen LogP contribution in [-0.4, -0.2) is 36.2 Å². The molecule has 0 bridgehead atoms. The summed E-state index contributed by atoms with van der Waals surface area (Å²) < 4.78 is 63.8. The molecule has 1 atom stereocenters. The Morgan fingerprint density at radius 2 is 1.83 bits per heavy atom. The van der Waals surface area contributed by atoms with Crippen LogP contribution in [0.4, 0.5) is 17.6 Å². The molecule has 0 fully saturated rings. The molecule has 1 N–H and O–H groups in total. The standard InChI is InChI=1S/C14H14F4O5/c1-3-22-12(20)14(17,18)13(21,7-23-8(2)19)10-5-4-9(15)6-11(10)16/h4-6,21H,3,7H2,1-2H3. The van der Waals surface area contributed by atoms with Crippen molar-refractivity contribution < 1.29 is 41.7 Å². The van der Waals surface area contributed by atoms with Crippen molar-refractivity contribution in [1.29, 1.82) is 0 Å². The first-order chi connectivity index (χ1) is 10.6. The van der Waals surface area contributed by atoms with Gasteiger partial charge in [-0.25, -0.2) is 13.6 Å². The SMILES string of the molecule is CCOC(=O)C(F)(F)C(O)(COC(C)=O)c1ccc(F)cc1F. The maximum Gasteiger partial charge on any atom is 0.380 e. The Balaban J connectivity index is 3.42. The van der Waals surface area contributed by atoms with Crippen LogP contribution in [0.3, 0.4) is 0 Å². The lowest BCUT2D eigenvalue weighted by atomic mass is 9.87. The summed E-state index contributed by atoms with van der Waals surface area (Å²) in [7, 11) is 0. The summed E-state index contributed by atoms with van der Waals surface area (Å²) in [6.45, 7) is 0.252. The van der Waals surface area contributed by atoms with Gasteiger partial charge in [-0.2, -0.15) is 8.78 Å². The van der Waals surface area contributed by atoms with E-state index < -0.39 is 53.9 Å². The molecule has 9 heteroatoms. The van der Waals surface area contributed by atoms with Crippen LogP contribution in [0.25, 0.3) is 0 Å². The minimum Gasteiger partial charge on any atom is -0.462 e. The smallest absolute Gasteiger partial charge is 0.380 e. The summed E-state index contributed by atoms with van der Waals surface area (Å²) in [4.78, 5) is 22.3. The van der Waals surface area contributed by atoms with Crippen LogP contribution in [0.5, 0.6) is 0 Å². The second-order valence-corrected chi connectivity index (χ2v) is 4.56. The summed E-state index contributed by atoms with van der Waals surface area (Å²) in [5.74, 6) is -10.5. The molecule has 0 amide bonds. The van der Waals surface area contributed by atoms with Gasteiger partial charge in [-0.3, -0.25) is 4.79 Å². The zero-order chi connectivity index (χ0) is 17.8. The molecular weight excluding hydrogens is 324 g/mol. The van der Waals surface area contributed by atoms with Crippen molar-refractivity contribution in [2.45, 2.75) is 25.4 Å². The molecule has 128 valence electrons. The number of halogens is 4. The van der Waals surface area contributed by atoms with E-state index in [9.17, 15) is 32.3 Å². The molecule has 0 saturated heterocycles. The van der Waals surface area contributed by atoms with Gasteiger partial charge in [0.2, 0.25) is 5.60 Å². The highest BCUT2D eigenvalue weighted by Crippen LogP contribution is 2.40. The Morgan fingerprint density at radius 1 is 1.22 bits per heavy atom. The van der Waals surface area contributed by atoms with E-state index in [-0.39, 0.29) is 6.07 Å². The molecule has 1 aromatic carbocycles. The number of benzene rings is 1. The average Bonchev–Trinajstić information content (AvgIpc) is 2.44. The van der Waals surface area contributed by atoms with Crippen molar-refractivity contribution in [3.8, 4) is 0 Å². The van der Waals surface area contributed by atoms with Crippen molar-refractivity contribution in [3.63, 3.8) is 0 Å². The average molecular weight is 338 g/mol. The lowest BCUT2D eigenvalue weighted by Crippen LogP contribution is -2.55. The third-order valence-corrected chi connectivity index (χ3v) is 2.91. The summed E-state index contributed by atoms with van der Waals surface area (Å²) in [6.07, 6.45) is 0. The van der Waals surface area contributed by atoms with E-state index in [2.05, 4.69) is 9.47 Å². The summed E-state index contributed by atoms with van der Waals surface area (Å²) in [6, 6.07) is 1.38. The summed E-state index contributed by atoms with van der Waals surface area (Å²) >= 11 is 0. The minimum atomic E-state index is -4.66. The minimum absolute atomic E-state index is 0.245. The fourth-order valence-corrected chi connectivity index (χ4v) is 1.76. The number of carbonyl (C=O) groups is 2. The third-order valence-electron chi connectivity index (χ3n) is 2.91. The normalized spacial score (nSPS) is 14.0. The molecule has 0 heterocycles. The van der Waals surface area contributed by atoms with E-state index in [0.717, 1.165) is 6.92 Å². The Bertz CT molecular complexity index is 605. The van der Waals surface area contributed by atoms with Gasteiger partial charge in [-0.1, -0.05) is 0 Å². The number of hydrogen-bond acceptors (Lipinski definition) is 5. The number of aliphatic hydroxyl groups is 1. The second kappa shape index (κ2) is 6.95. The first kappa shape index (κ1) is 18.9. The number of rotatable bonds is 6. The molecule has 23 heavy (non-hydrogen) atoms. The Labute approximate surface area is 128 Å². The first-order valence-electron chi connectivity index (χ1n) is 6.42. The van der Waals surface area contributed by atoms with E-state index >= 15 is 0 Å². The van der Waals surface area contributed by atoms with E-state index in [1.807, 2.05) is 0 Å². The van der Waals surface area contributed by atoms with Gasteiger partial charge in [0.15, 0.2) is 0 Å². The molecule has 1 rings (SSSR count). The van der Waals surface area contributed by atoms with Crippen LogP contribution >= 0.6 is 0 Å². The van der Waals surface area contributed by atoms with Crippen molar-refractivity contribution in [2.24, 2.45) is 0 Å². The van der Waals surface area contributed by atoms with Crippen LogP contribution in [0.15, 0.2) is 18.2 Å². The van der Waals surface area contributed by atoms with Gasteiger partial charge in [0.1, 0.15) is 18.2 Å². The number of carbonyl (C=O) groups excluding carboxylic acids is 2. The highest BCUT2D eigenvalue weighted by molar-refractivity contribution is 5.80. The molecule has 5 nitrogen and oxygen atoms in total. The lowest BCUT2D eigenvalue weighted by Gasteiger charge is -2.33. The number of hydrogen-bond donors (Lipinski definition) is 1. The van der Waals surface area contributed by atoms with Crippen LogP contribution in [0.2, 0.25) is 0 Å². The van der Waals surface area contributed by atoms with Crippen molar-refractivity contribution in [3.05, 3.63) is 35.4 Å². The van der Waals surface area contributed by atoms with Gasteiger partial charge in [0, 0.05) is 18.6 Å². The Hall–Kier alpha value is -2.16. The van der Waals surface area contributed by atoms with Gasteiger partial charge < -0.3 is 14.6 Å². The monoisotopic (exact) mass is 338 g/mol. The summed E-state index contributed by atoms with van der Waals surface area (Å²) in [5.41, 5.74) is -4.68. The first-order valence-corrected chi connectivity index (χ1v) is 6.42. The fraction of sp³-hybridized carbons (Fsp3) is 0.429. The molecular formula is C14H14F4O5.